The zero-order valence-electron chi connectivity index (χ0n) is 12.5. The highest BCUT2D eigenvalue weighted by Crippen LogP contribution is 2.41. The van der Waals surface area contributed by atoms with Gasteiger partial charge in [-0.05, 0) is 18.9 Å². The molecule has 0 spiro atoms. The topological polar surface area (TPSA) is 52.6 Å². The molecule has 4 heteroatoms. The van der Waals surface area contributed by atoms with Gasteiger partial charge in [0.1, 0.15) is 0 Å². The second kappa shape index (κ2) is 7.08. The van der Waals surface area contributed by atoms with Crippen molar-refractivity contribution in [3.05, 3.63) is 35.9 Å². The molecule has 0 saturated heterocycles. The molecule has 1 rings (SSSR count). The summed E-state index contributed by atoms with van der Waals surface area (Å²) in [6, 6.07) is 9.46. The summed E-state index contributed by atoms with van der Waals surface area (Å²) in [6.07, 6.45) is 0.328. The standard InChI is InChI=1S/C16H22O4/c1-5-16(14(17)19-4,15(18)20-6-2)12(3)13-10-8-7-9-11-13/h7-12H,5-6H2,1-4H3. The van der Waals surface area contributed by atoms with Gasteiger partial charge in [-0.1, -0.05) is 44.2 Å². The van der Waals surface area contributed by atoms with Crippen LogP contribution < -0.4 is 0 Å². The number of esters is 2. The number of benzene rings is 1. The molecule has 0 bridgehead atoms. The lowest BCUT2D eigenvalue weighted by atomic mass is 9.71. The number of rotatable bonds is 6. The maximum absolute atomic E-state index is 12.4. The first-order valence-corrected chi connectivity index (χ1v) is 6.85. The van der Waals surface area contributed by atoms with Crippen molar-refractivity contribution in [2.24, 2.45) is 5.41 Å². The van der Waals surface area contributed by atoms with Crippen molar-refractivity contribution in [3.8, 4) is 0 Å². The van der Waals surface area contributed by atoms with E-state index in [1.54, 1.807) is 13.8 Å². The highest BCUT2D eigenvalue weighted by atomic mass is 16.6. The molecule has 0 aliphatic carbocycles. The molecule has 0 heterocycles. The fourth-order valence-corrected chi connectivity index (χ4v) is 2.50. The molecule has 110 valence electrons. The van der Waals surface area contributed by atoms with Crippen molar-refractivity contribution in [2.75, 3.05) is 13.7 Å². The molecule has 0 radical (unpaired) electrons. The smallest absolute Gasteiger partial charge is 0.324 e. The molecule has 0 aliphatic heterocycles. The van der Waals surface area contributed by atoms with Gasteiger partial charge in [-0.3, -0.25) is 9.59 Å². The first kappa shape index (κ1) is 16.2. The van der Waals surface area contributed by atoms with E-state index in [1.165, 1.54) is 7.11 Å². The molecule has 0 amide bonds. The Bertz CT molecular complexity index is 455. The number of hydrogen-bond acceptors (Lipinski definition) is 4. The van der Waals surface area contributed by atoms with E-state index in [1.807, 2.05) is 37.3 Å². The predicted molar refractivity (Wildman–Crippen MR) is 76.2 cm³/mol. The lowest BCUT2D eigenvalue weighted by Gasteiger charge is -2.33. The Kier molecular flexibility index (Phi) is 5.74. The van der Waals surface area contributed by atoms with Gasteiger partial charge in [-0.15, -0.1) is 0 Å². The molecule has 0 saturated carbocycles. The summed E-state index contributed by atoms with van der Waals surface area (Å²) in [5.41, 5.74) is -0.389. The van der Waals surface area contributed by atoms with E-state index in [0.717, 1.165) is 5.56 Å². The summed E-state index contributed by atoms with van der Waals surface area (Å²) in [5, 5.41) is 0. The van der Waals surface area contributed by atoms with Crippen LogP contribution in [0.25, 0.3) is 0 Å². The van der Waals surface area contributed by atoms with Crippen molar-refractivity contribution in [1.29, 1.82) is 0 Å². The zero-order chi connectivity index (χ0) is 15.2. The van der Waals surface area contributed by atoms with Gasteiger partial charge in [0.25, 0.3) is 0 Å². The van der Waals surface area contributed by atoms with E-state index in [9.17, 15) is 9.59 Å². The summed E-state index contributed by atoms with van der Waals surface area (Å²) in [7, 11) is 1.30. The van der Waals surface area contributed by atoms with Crippen LogP contribution in [0, 0.1) is 5.41 Å². The van der Waals surface area contributed by atoms with Crippen LogP contribution in [-0.4, -0.2) is 25.7 Å². The molecule has 4 nitrogen and oxygen atoms in total. The third-order valence-electron chi connectivity index (χ3n) is 3.79. The van der Waals surface area contributed by atoms with Crippen LogP contribution in [0.1, 0.15) is 38.7 Å². The molecular weight excluding hydrogens is 256 g/mol. The third-order valence-corrected chi connectivity index (χ3v) is 3.79. The quantitative estimate of drug-likeness (QED) is 0.593. The van der Waals surface area contributed by atoms with E-state index in [0.29, 0.717) is 6.42 Å². The van der Waals surface area contributed by atoms with Crippen LogP contribution in [0.3, 0.4) is 0 Å². The lowest BCUT2D eigenvalue weighted by Crippen LogP contribution is -2.45. The average molecular weight is 278 g/mol. The molecule has 1 aromatic carbocycles. The summed E-state index contributed by atoms with van der Waals surface area (Å²) < 4.78 is 10.0. The van der Waals surface area contributed by atoms with Crippen LogP contribution in [-0.2, 0) is 19.1 Å². The van der Waals surface area contributed by atoms with E-state index in [-0.39, 0.29) is 12.5 Å². The third kappa shape index (κ3) is 2.84. The highest BCUT2D eigenvalue weighted by molar-refractivity contribution is 6.01. The van der Waals surface area contributed by atoms with Crippen molar-refractivity contribution < 1.29 is 19.1 Å². The van der Waals surface area contributed by atoms with Crippen LogP contribution in [0.15, 0.2) is 30.3 Å². The minimum Gasteiger partial charge on any atom is -0.468 e. The number of ether oxygens (including phenoxy) is 2. The van der Waals surface area contributed by atoms with Gasteiger partial charge in [0.05, 0.1) is 13.7 Å². The highest BCUT2D eigenvalue weighted by Gasteiger charge is 2.52. The van der Waals surface area contributed by atoms with E-state index in [2.05, 4.69) is 0 Å². The maximum Gasteiger partial charge on any atom is 0.324 e. The first-order chi connectivity index (χ1) is 9.54. The molecule has 2 atom stereocenters. The van der Waals surface area contributed by atoms with Gasteiger partial charge in [0.2, 0.25) is 0 Å². The Morgan fingerprint density at radius 3 is 2.20 bits per heavy atom. The van der Waals surface area contributed by atoms with Gasteiger partial charge in [0.15, 0.2) is 5.41 Å². The Labute approximate surface area is 120 Å². The fraction of sp³-hybridized carbons (Fsp3) is 0.500. The summed E-state index contributed by atoms with van der Waals surface area (Å²) in [5.74, 6) is -1.39. The van der Waals surface area contributed by atoms with Gasteiger partial charge >= 0.3 is 11.9 Å². The second-order valence-corrected chi connectivity index (χ2v) is 4.67. The summed E-state index contributed by atoms with van der Waals surface area (Å²) >= 11 is 0. The van der Waals surface area contributed by atoms with E-state index in [4.69, 9.17) is 9.47 Å². The summed E-state index contributed by atoms with van der Waals surface area (Å²) in [4.78, 5) is 24.7. The van der Waals surface area contributed by atoms with Crippen LogP contribution in [0.5, 0.6) is 0 Å². The average Bonchev–Trinajstić information content (AvgIpc) is 2.49. The predicted octanol–water partition coefficient (Wildman–Crippen LogP) is 2.92. The van der Waals surface area contributed by atoms with E-state index < -0.39 is 17.4 Å². The number of carbonyl (C=O) groups excluding carboxylic acids is 2. The van der Waals surface area contributed by atoms with Crippen molar-refractivity contribution in [1.82, 2.24) is 0 Å². The van der Waals surface area contributed by atoms with Crippen LogP contribution in [0.2, 0.25) is 0 Å². The van der Waals surface area contributed by atoms with Gasteiger partial charge < -0.3 is 9.47 Å². The minimum atomic E-state index is -1.30. The SMILES string of the molecule is CCOC(=O)C(CC)(C(=O)OC)C(C)c1ccccc1. The van der Waals surface area contributed by atoms with Crippen molar-refractivity contribution >= 4 is 11.9 Å². The van der Waals surface area contributed by atoms with Gasteiger partial charge in [0, 0.05) is 5.92 Å². The molecule has 0 aromatic heterocycles. The monoisotopic (exact) mass is 278 g/mol. The molecule has 0 aliphatic rings. The van der Waals surface area contributed by atoms with Crippen LogP contribution >= 0.6 is 0 Å². The van der Waals surface area contributed by atoms with Gasteiger partial charge in [-0.2, -0.15) is 0 Å². The molecule has 1 aromatic rings. The Hall–Kier alpha value is -1.84. The molecular formula is C16H22O4. The number of carbonyl (C=O) groups is 2. The molecule has 2 unspecified atom stereocenters. The van der Waals surface area contributed by atoms with Crippen LogP contribution in [0.4, 0.5) is 0 Å². The summed E-state index contributed by atoms with van der Waals surface area (Å²) in [6.45, 7) is 5.61. The molecule has 20 heavy (non-hydrogen) atoms. The number of hydrogen-bond donors (Lipinski definition) is 0. The maximum atomic E-state index is 12.4. The van der Waals surface area contributed by atoms with Gasteiger partial charge in [-0.25, -0.2) is 0 Å². The Morgan fingerprint density at radius 2 is 1.75 bits per heavy atom. The molecule has 0 N–H and O–H groups in total. The first-order valence-electron chi connectivity index (χ1n) is 6.85. The number of methoxy groups -OCH3 is 1. The minimum absolute atomic E-state index is 0.235. The fourth-order valence-electron chi connectivity index (χ4n) is 2.50. The second-order valence-electron chi connectivity index (χ2n) is 4.67. The largest absolute Gasteiger partial charge is 0.468 e. The molecule has 0 fully saturated rings. The zero-order valence-corrected chi connectivity index (χ0v) is 12.5. The Balaban J connectivity index is 3.28. The normalized spacial score (nSPS) is 15.0. The lowest BCUT2D eigenvalue weighted by molar-refractivity contribution is -0.172. The van der Waals surface area contributed by atoms with Crippen molar-refractivity contribution in [2.45, 2.75) is 33.1 Å². The Morgan fingerprint density at radius 1 is 1.15 bits per heavy atom. The van der Waals surface area contributed by atoms with Crippen molar-refractivity contribution in [3.63, 3.8) is 0 Å². The van der Waals surface area contributed by atoms with E-state index >= 15 is 0 Å².